The van der Waals surface area contributed by atoms with Crippen molar-refractivity contribution in [2.24, 2.45) is 11.8 Å². The number of benzene rings is 2. The van der Waals surface area contributed by atoms with E-state index >= 15 is 0 Å². The number of ketones is 2. The zero-order valence-electron chi connectivity index (χ0n) is 25.2. The zero-order valence-corrected chi connectivity index (χ0v) is 25.2. The second-order valence-corrected chi connectivity index (χ2v) is 12.3. The number of hydrogen-bond donors (Lipinski definition) is 3. The van der Waals surface area contributed by atoms with Gasteiger partial charge in [0, 0.05) is 37.3 Å². The standard InChI is InChI=1S/C34H42N2O8/c1-44-26-14-12-25(13-15-26)30(39)34(43)17-5-3-7-28(34)32(41)36-20-18-35(19-21-36)31(40)27-6-2-4-16-33(27,42)29(38)24-10-8-23(22-37)9-11-24/h8-15,27-28,37,42-43H,2-7,16-22H2,1H3. The molecule has 4 unspecified atom stereocenters. The van der Waals surface area contributed by atoms with Gasteiger partial charge in [-0.1, -0.05) is 49.9 Å². The summed E-state index contributed by atoms with van der Waals surface area (Å²) in [6.07, 6.45) is 3.88. The van der Waals surface area contributed by atoms with Crippen LogP contribution in [0.4, 0.5) is 0 Å². The number of rotatable bonds is 8. The number of amides is 2. The summed E-state index contributed by atoms with van der Waals surface area (Å²) in [5.41, 5.74) is -2.38. The van der Waals surface area contributed by atoms with Crippen molar-refractivity contribution in [1.82, 2.24) is 9.80 Å². The molecule has 2 aromatic rings. The average Bonchev–Trinajstić information content (AvgIpc) is 3.07. The first kappa shape index (κ1) is 31.8. The summed E-state index contributed by atoms with van der Waals surface area (Å²) in [5, 5.41) is 32.6. The molecular formula is C34H42N2O8. The van der Waals surface area contributed by atoms with E-state index < -0.39 is 34.6 Å². The second-order valence-electron chi connectivity index (χ2n) is 12.3. The number of ether oxygens (including phenoxy) is 1. The van der Waals surface area contributed by atoms with Gasteiger partial charge in [-0.25, -0.2) is 0 Å². The number of aliphatic hydroxyl groups excluding tert-OH is 1. The molecule has 2 saturated carbocycles. The number of piperazine rings is 1. The molecule has 2 amide bonds. The van der Waals surface area contributed by atoms with Crippen LogP contribution in [0.2, 0.25) is 0 Å². The molecule has 1 saturated heterocycles. The lowest BCUT2D eigenvalue weighted by Gasteiger charge is -2.44. The van der Waals surface area contributed by atoms with Crippen molar-refractivity contribution in [1.29, 1.82) is 0 Å². The quantitative estimate of drug-likeness (QED) is 0.389. The molecule has 10 nitrogen and oxygen atoms in total. The molecular weight excluding hydrogens is 564 g/mol. The van der Waals surface area contributed by atoms with Gasteiger partial charge >= 0.3 is 0 Å². The number of nitrogens with zero attached hydrogens (tertiary/aromatic N) is 2. The van der Waals surface area contributed by atoms with Gasteiger partial charge in [0.2, 0.25) is 11.8 Å². The normalized spacial score (nSPS) is 27.5. The lowest BCUT2D eigenvalue weighted by Crippen LogP contribution is -2.60. The average molecular weight is 607 g/mol. The van der Waals surface area contributed by atoms with Crippen LogP contribution >= 0.6 is 0 Å². The number of aliphatic hydroxyl groups is 3. The molecule has 2 aromatic carbocycles. The monoisotopic (exact) mass is 606 g/mol. The molecule has 44 heavy (non-hydrogen) atoms. The van der Waals surface area contributed by atoms with E-state index in [4.69, 9.17) is 4.74 Å². The number of carbonyl (C=O) groups excluding carboxylic acids is 4. The van der Waals surface area contributed by atoms with Crippen molar-refractivity contribution in [3.63, 3.8) is 0 Å². The molecule has 0 spiro atoms. The van der Waals surface area contributed by atoms with E-state index in [2.05, 4.69) is 0 Å². The Morgan fingerprint density at radius 1 is 0.705 bits per heavy atom. The van der Waals surface area contributed by atoms with Crippen LogP contribution in [-0.4, -0.2) is 93.0 Å². The summed E-state index contributed by atoms with van der Waals surface area (Å²) in [4.78, 5) is 57.8. The zero-order chi connectivity index (χ0) is 31.5. The Bertz CT molecular complexity index is 1260. The summed E-state index contributed by atoms with van der Waals surface area (Å²) in [6, 6.07) is 12.9. The van der Waals surface area contributed by atoms with Crippen LogP contribution < -0.4 is 4.74 Å². The first-order chi connectivity index (χ1) is 21.1. The third-order valence-corrected chi connectivity index (χ3v) is 9.79. The van der Waals surface area contributed by atoms with Crippen LogP contribution in [-0.2, 0) is 16.2 Å². The Balaban J connectivity index is 1.25. The molecule has 0 bridgehead atoms. The van der Waals surface area contributed by atoms with Gasteiger partial charge in [-0.05, 0) is 55.5 Å². The van der Waals surface area contributed by atoms with E-state index in [-0.39, 0.29) is 57.4 Å². The lowest BCUT2D eigenvalue weighted by atomic mass is 9.70. The lowest BCUT2D eigenvalue weighted by molar-refractivity contribution is -0.154. The van der Waals surface area contributed by atoms with Crippen LogP contribution in [0, 0.1) is 11.8 Å². The van der Waals surface area contributed by atoms with Crippen LogP contribution in [0.25, 0.3) is 0 Å². The van der Waals surface area contributed by atoms with Crippen LogP contribution in [0.5, 0.6) is 5.75 Å². The maximum absolute atomic E-state index is 13.8. The predicted octanol–water partition coefficient (Wildman–Crippen LogP) is 2.77. The fourth-order valence-electron chi connectivity index (χ4n) is 7.10. The Labute approximate surface area is 257 Å². The summed E-state index contributed by atoms with van der Waals surface area (Å²) in [6.45, 7) is 0.765. The van der Waals surface area contributed by atoms with E-state index in [1.807, 2.05) is 0 Å². The maximum Gasteiger partial charge on any atom is 0.229 e. The van der Waals surface area contributed by atoms with Crippen LogP contribution in [0.1, 0.15) is 77.6 Å². The van der Waals surface area contributed by atoms with Crippen molar-refractivity contribution in [3.8, 4) is 5.75 Å². The first-order valence-corrected chi connectivity index (χ1v) is 15.6. The highest BCUT2D eigenvalue weighted by Crippen LogP contribution is 2.40. The van der Waals surface area contributed by atoms with Crippen molar-refractivity contribution >= 4 is 23.4 Å². The number of hydrogen-bond acceptors (Lipinski definition) is 8. The van der Waals surface area contributed by atoms with Crippen molar-refractivity contribution in [2.75, 3.05) is 33.3 Å². The molecule has 2 aliphatic carbocycles. The summed E-state index contributed by atoms with van der Waals surface area (Å²) < 4.78 is 5.17. The third-order valence-electron chi connectivity index (χ3n) is 9.79. The van der Waals surface area contributed by atoms with E-state index in [9.17, 15) is 34.5 Å². The molecule has 10 heteroatoms. The smallest absolute Gasteiger partial charge is 0.229 e. The SMILES string of the molecule is COc1ccc(C(=O)C2(O)CCCCC2C(=O)N2CCN(C(=O)C3CCCCC3(O)C(=O)c3ccc(CO)cc3)CC2)cc1. The van der Waals surface area contributed by atoms with E-state index in [0.717, 1.165) is 12.8 Å². The Morgan fingerprint density at radius 2 is 1.11 bits per heavy atom. The van der Waals surface area contributed by atoms with Crippen molar-refractivity contribution in [3.05, 3.63) is 65.2 Å². The minimum Gasteiger partial charge on any atom is -0.497 e. The fraction of sp³-hybridized carbons (Fsp3) is 0.529. The van der Waals surface area contributed by atoms with E-state index in [1.165, 1.54) is 7.11 Å². The highest BCUT2D eigenvalue weighted by molar-refractivity contribution is 6.06. The highest BCUT2D eigenvalue weighted by Gasteiger charge is 2.52. The molecule has 0 radical (unpaired) electrons. The van der Waals surface area contributed by atoms with Crippen LogP contribution in [0.15, 0.2) is 48.5 Å². The fourth-order valence-corrected chi connectivity index (χ4v) is 7.10. The number of carbonyl (C=O) groups is 4. The summed E-state index contributed by atoms with van der Waals surface area (Å²) in [5.74, 6) is -2.75. The van der Waals surface area contributed by atoms with Gasteiger partial charge < -0.3 is 29.9 Å². The Hall–Kier alpha value is -3.60. The van der Waals surface area contributed by atoms with Gasteiger partial charge in [0.05, 0.1) is 25.6 Å². The highest BCUT2D eigenvalue weighted by atomic mass is 16.5. The molecule has 1 aliphatic heterocycles. The molecule has 3 fully saturated rings. The predicted molar refractivity (Wildman–Crippen MR) is 161 cm³/mol. The van der Waals surface area contributed by atoms with Crippen molar-refractivity contribution < 1.29 is 39.2 Å². The van der Waals surface area contributed by atoms with Crippen molar-refractivity contribution in [2.45, 2.75) is 69.2 Å². The van der Waals surface area contributed by atoms with Gasteiger partial charge in [-0.3, -0.25) is 19.2 Å². The van der Waals surface area contributed by atoms with Gasteiger partial charge in [0.25, 0.3) is 0 Å². The molecule has 236 valence electrons. The third kappa shape index (κ3) is 6.03. The van der Waals surface area contributed by atoms with E-state index in [0.29, 0.717) is 48.1 Å². The molecule has 3 aliphatic rings. The summed E-state index contributed by atoms with van der Waals surface area (Å²) in [7, 11) is 1.53. The molecule has 4 atom stereocenters. The molecule has 1 heterocycles. The second kappa shape index (κ2) is 13.2. The van der Waals surface area contributed by atoms with Gasteiger partial charge in [-0.2, -0.15) is 0 Å². The van der Waals surface area contributed by atoms with E-state index in [1.54, 1.807) is 58.3 Å². The maximum atomic E-state index is 13.8. The largest absolute Gasteiger partial charge is 0.497 e. The molecule has 3 N–H and O–H groups in total. The molecule has 0 aromatic heterocycles. The van der Waals surface area contributed by atoms with Gasteiger partial charge in [0.15, 0.2) is 11.6 Å². The first-order valence-electron chi connectivity index (χ1n) is 15.6. The number of Topliss-reactive ketones (excluding diaryl/α,β-unsaturated/α-hetero) is 2. The Morgan fingerprint density at radius 3 is 1.50 bits per heavy atom. The van der Waals surface area contributed by atoms with Gasteiger partial charge in [-0.15, -0.1) is 0 Å². The topological polar surface area (TPSA) is 145 Å². The number of methoxy groups -OCH3 is 1. The van der Waals surface area contributed by atoms with Gasteiger partial charge in [0.1, 0.15) is 17.0 Å². The Kier molecular flexibility index (Phi) is 9.53. The molecule has 5 rings (SSSR count). The van der Waals surface area contributed by atoms with Crippen LogP contribution in [0.3, 0.4) is 0 Å². The minimum atomic E-state index is -1.83. The summed E-state index contributed by atoms with van der Waals surface area (Å²) >= 11 is 0. The minimum absolute atomic E-state index is 0.159.